The van der Waals surface area contributed by atoms with Gasteiger partial charge in [-0.25, -0.2) is 9.78 Å². The number of nitrogens with one attached hydrogen (secondary N) is 2. The quantitative estimate of drug-likeness (QED) is 0.517. The topological polar surface area (TPSA) is 132 Å². The number of thioether (sulfide) groups is 1. The number of carboxylic acids is 1. The average Bonchev–Trinajstić information content (AvgIpc) is 2.34. The van der Waals surface area contributed by atoms with Crippen LogP contribution in [0.4, 0.5) is 0 Å². The van der Waals surface area contributed by atoms with Crippen LogP contribution in [0.25, 0.3) is 0 Å². The molecule has 104 valence electrons. The zero-order chi connectivity index (χ0) is 14.4. The smallest absolute Gasteiger partial charge is 0.328 e. The minimum absolute atomic E-state index is 0.187. The van der Waals surface area contributed by atoms with E-state index in [0.717, 1.165) is 6.07 Å². The van der Waals surface area contributed by atoms with Gasteiger partial charge >= 0.3 is 5.97 Å². The fourth-order valence-corrected chi connectivity index (χ4v) is 1.66. The van der Waals surface area contributed by atoms with Gasteiger partial charge < -0.3 is 20.5 Å². The molecule has 0 saturated carbocycles. The minimum atomic E-state index is -1.43. The Hall–Kier alpha value is -1.87. The normalized spacial score (nSPS) is 11.9. The summed E-state index contributed by atoms with van der Waals surface area (Å²) in [6.45, 7) is -0.748. The van der Waals surface area contributed by atoms with E-state index >= 15 is 0 Å². The van der Waals surface area contributed by atoms with Crippen LogP contribution in [-0.4, -0.2) is 51.0 Å². The lowest BCUT2D eigenvalue weighted by Crippen LogP contribution is -2.43. The summed E-state index contributed by atoms with van der Waals surface area (Å²) in [7, 11) is 0. The number of carbonyl (C=O) groups excluding carboxylic acids is 1. The molecule has 0 spiro atoms. The zero-order valence-corrected chi connectivity index (χ0v) is 10.9. The van der Waals surface area contributed by atoms with Gasteiger partial charge in [-0.2, -0.15) is 11.8 Å². The Morgan fingerprint density at radius 3 is 2.79 bits per heavy atom. The number of aromatic nitrogens is 2. The van der Waals surface area contributed by atoms with Crippen molar-refractivity contribution < 1.29 is 19.8 Å². The molecule has 1 amide bonds. The molecule has 1 aromatic heterocycles. The Bertz CT molecular complexity index is 530. The number of H-pyrrole nitrogens is 1. The summed E-state index contributed by atoms with van der Waals surface area (Å²) in [5, 5.41) is 19.6. The summed E-state index contributed by atoms with van der Waals surface area (Å²) in [4.78, 5) is 40.1. The molecule has 0 aliphatic rings. The predicted molar refractivity (Wildman–Crippen MR) is 68.1 cm³/mol. The molecule has 8 nitrogen and oxygen atoms in total. The average molecular weight is 287 g/mol. The van der Waals surface area contributed by atoms with Crippen molar-refractivity contribution in [3.8, 4) is 0 Å². The number of rotatable bonds is 6. The number of carboxylic acid groups (broad SMARTS) is 1. The first-order chi connectivity index (χ1) is 8.97. The maximum atomic E-state index is 11.7. The lowest BCUT2D eigenvalue weighted by Gasteiger charge is -2.11. The molecule has 1 heterocycles. The third-order valence-electron chi connectivity index (χ3n) is 2.09. The third kappa shape index (κ3) is 4.38. The van der Waals surface area contributed by atoms with Crippen LogP contribution in [0.3, 0.4) is 0 Å². The standard InChI is InChI=1S/C10H13N3O5S/c1-19-4-7-11-5(2-8(15)13-7)9(16)12-6(3-14)10(17)18/h2,6,14H,3-4H2,1H3,(H,12,16)(H,17,18)(H,11,13,15). The lowest BCUT2D eigenvalue weighted by atomic mass is 10.3. The van der Waals surface area contributed by atoms with Crippen molar-refractivity contribution in [2.75, 3.05) is 12.9 Å². The molecule has 0 radical (unpaired) electrons. The highest BCUT2D eigenvalue weighted by atomic mass is 32.2. The number of carbonyl (C=O) groups is 2. The minimum Gasteiger partial charge on any atom is -0.480 e. The largest absolute Gasteiger partial charge is 0.480 e. The van der Waals surface area contributed by atoms with Crippen LogP contribution in [0.15, 0.2) is 10.9 Å². The van der Waals surface area contributed by atoms with Gasteiger partial charge in [0.05, 0.1) is 12.4 Å². The molecule has 19 heavy (non-hydrogen) atoms. The summed E-state index contributed by atoms with van der Waals surface area (Å²) in [6.07, 6.45) is 1.80. The molecule has 1 aromatic rings. The molecule has 1 atom stereocenters. The monoisotopic (exact) mass is 287 g/mol. The van der Waals surface area contributed by atoms with E-state index in [9.17, 15) is 14.4 Å². The fraction of sp³-hybridized carbons (Fsp3) is 0.400. The molecular formula is C10H13N3O5S. The van der Waals surface area contributed by atoms with Gasteiger partial charge in [0, 0.05) is 6.07 Å². The van der Waals surface area contributed by atoms with E-state index < -0.39 is 30.1 Å². The Morgan fingerprint density at radius 1 is 1.58 bits per heavy atom. The van der Waals surface area contributed by atoms with E-state index in [1.807, 2.05) is 0 Å². The van der Waals surface area contributed by atoms with Crippen molar-refractivity contribution in [1.82, 2.24) is 15.3 Å². The first-order valence-corrected chi connectivity index (χ1v) is 6.61. The van der Waals surface area contributed by atoms with Crippen molar-refractivity contribution >= 4 is 23.6 Å². The number of amides is 1. The van der Waals surface area contributed by atoms with Crippen molar-refractivity contribution in [1.29, 1.82) is 0 Å². The van der Waals surface area contributed by atoms with Crippen molar-refractivity contribution in [3.05, 3.63) is 27.9 Å². The van der Waals surface area contributed by atoms with Gasteiger partial charge in [0.25, 0.3) is 11.5 Å². The summed E-state index contributed by atoms with van der Waals surface area (Å²) < 4.78 is 0. The van der Waals surface area contributed by atoms with Crippen LogP contribution >= 0.6 is 11.8 Å². The SMILES string of the molecule is CSCc1nc(C(=O)NC(CO)C(=O)O)cc(=O)[nH]1. The van der Waals surface area contributed by atoms with E-state index in [1.165, 1.54) is 11.8 Å². The van der Waals surface area contributed by atoms with E-state index in [-0.39, 0.29) is 5.69 Å². The van der Waals surface area contributed by atoms with Gasteiger partial charge in [-0.3, -0.25) is 9.59 Å². The van der Waals surface area contributed by atoms with E-state index in [4.69, 9.17) is 10.2 Å². The summed E-state index contributed by atoms with van der Waals surface area (Å²) in [6, 6.07) is -0.465. The fourth-order valence-electron chi connectivity index (χ4n) is 1.25. The van der Waals surface area contributed by atoms with E-state index in [1.54, 1.807) is 6.26 Å². The van der Waals surface area contributed by atoms with Gasteiger partial charge in [-0.05, 0) is 6.26 Å². The van der Waals surface area contributed by atoms with Gasteiger partial charge in [-0.15, -0.1) is 0 Å². The van der Waals surface area contributed by atoms with Gasteiger partial charge in [0.1, 0.15) is 11.5 Å². The molecular weight excluding hydrogens is 274 g/mol. The molecule has 0 aliphatic heterocycles. The van der Waals surface area contributed by atoms with Crippen LogP contribution in [0.5, 0.6) is 0 Å². The highest BCUT2D eigenvalue weighted by Crippen LogP contribution is 2.02. The van der Waals surface area contributed by atoms with Crippen LogP contribution < -0.4 is 10.9 Å². The lowest BCUT2D eigenvalue weighted by molar-refractivity contribution is -0.140. The van der Waals surface area contributed by atoms with Crippen LogP contribution in [0.1, 0.15) is 16.3 Å². The summed E-state index contributed by atoms with van der Waals surface area (Å²) >= 11 is 1.41. The Kier molecular flexibility index (Phi) is 5.52. The second-order valence-corrected chi connectivity index (χ2v) is 4.42. The number of nitrogens with zero attached hydrogens (tertiary/aromatic N) is 1. The van der Waals surface area contributed by atoms with Crippen LogP contribution in [0, 0.1) is 0 Å². The maximum Gasteiger partial charge on any atom is 0.328 e. The zero-order valence-electron chi connectivity index (χ0n) is 10.0. The molecule has 0 saturated heterocycles. The molecule has 1 unspecified atom stereocenters. The highest BCUT2D eigenvalue weighted by Gasteiger charge is 2.20. The predicted octanol–water partition coefficient (Wildman–Crippen LogP) is -1.19. The summed E-state index contributed by atoms with van der Waals surface area (Å²) in [5.41, 5.74) is -0.687. The first-order valence-electron chi connectivity index (χ1n) is 5.21. The molecule has 0 fully saturated rings. The van der Waals surface area contributed by atoms with Crippen molar-refractivity contribution in [3.63, 3.8) is 0 Å². The number of hydrogen-bond acceptors (Lipinski definition) is 6. The highest BCUT2D eigenvalue weighted by molar-refractivity contribution is 7.97. The van der Waals surface area contributed by atoms with Crippen molar-refractivity contribution in [2.24, 2.45) is 0 Å². The molecule has 4 N–H and O–H groups in total. The Morgan fingerprint density at radius 2 is 2.26 bits per heavy atom. The van der Waals surface area contributed by atoms with Gasteiger partial charge in [0.2, 0.25) is 0 Å². The van der Waals surface area contributed by atoms with E-state index in [2.05, 4.69) is 15.3 Å². The number of hydrogen-bond donors (Lipinski definition) is 4. The van der Waals surface area contributed by atoms with Crippen LogP contribution in [-0.2, 0) is 10.5 Å². The summed E-state index contributed by atoms with van der Waals surface area (Å²) in [5.74, 6) is -1.46. The van der Waals surface area contributed by atoms with Crippen molar-refractivity contribution in [2.45, 2.75) is 11.8 Å². The Balaban J connectivity index is 2.93. The van der Waals surface area contributed by atoms with Crippen LogP contribution in [0.2, 0.25) is 0 Å². The second kappa shape index (κ2) is 6.90. The number of aliphatic carboxylic acids is 1. The molecule has 1 rings (SSSR count). The van der Waals surface area contributed by atoms with Gasteiger partial charge in [-0.1, -0.05) is 0 Å². The number of aliphatic hydroxyl groups excluding tert-OH is 1. The second-order valence-electron chi connectivity index (χ2n) is 3.56. The first kappa shape index (κ1) is 15.2. The number of aliphatic hydroxyl groups is 1. The van der Waals surface area contributed by atoms with E-state index in [0.29, 0.717) is 11.6 Å². The number of aromatic amines is 1. The molecule has 0 bridgehead atoms. The van der Waals surface area contributed by atoms with Gasteiger partial charge in [0.15, 0.2) is 6.04 Å². The molecule has 0 aliphatic carbocycles. The Labute approximate surface area is 112 Å². The maximum absolute atomic E-state index is 11.7. The molecule has 9 heteroatoms. The third-order valence-corrected chi connectivity index (χ3v) is 2.65. The molecule has 0 aromatic carbocycles.